The van der Waals surface area contributed by atoms with Crippen LogP contribution < -0.4 is 5.32 Å². The number of nitrogens with one attached hydrogen (secondary N) is 1. The summed E-state index contributed by atoms with van der Waals surface area (Å²) in [5.41, 5.74) is -0.703. The van der Waals surface area contributed by atoms with Crippen LogP contribution >= 0.6 is 0 Å². The average Bonchev–Trinajstić information content (AvgIpc) is 2.20. The third kappa shape index (κ3) is 9.67. The molecule has 88 valence electrons. The molecular formula is C11H22N2O2. The van der Waals surface area contributed by atoms with Gasteiger partial charge in [-0.1, -0.05) is 0 Å². The van der Waals surface area contributed by atoms with E-state index in [-0.39, 0.29) is 0 Å². The molecule has 0 rings (SSSR count). The fraction of sp³-hybridized carbons (Fsp3) is 0.909. The Kier molecular flexibility index (Phi) is 8.30. The molecule has 0 aliphatic heterocycles. The molecule has 15 heavy (non-hydrogen) atoms. The number of ether oxygens (including phenoxy) is 1. The molecule has 1 unspecified atom stereocenters. The molecule has 2 N–H and O–H groups in total. The van der Waals surface area contributed by atoms with Crippen LogP contribution in [0.4, 0.5) is 0 Å². The van der Waals surface area contributed by atoms with Gasteiger partial charge in [-0.25, -0.2) is 0 Å². The molecule has 1 atom stereocenters. The largest absolute Gasteiger partial charge is 0.389 e. The number of nitrogens with zero attached hydrogens (tertiary/aromatic N) is 1. The standard InChI is InChI=1S/C11H22N2O2/c1-11(14,6-9-15-2)10-13-8-5-3-4-7-12/h13-14H,3-6,8-10H2,1-2H3. The van der Waals surface area contributed by atoms with E-state index in [1.54, 1.807) is 14.0 Å². The highest BCUT2D eigenvalue weighted by Crippen LogP contribution is 2.07. The Labute approximate surface area is 92.2 Å². The normalized spacial score (nSPS) is 14.5. The van der Waals surface area contributed by atoms with E-state index in [1.165, 1.54) is 0 Å². The van der Waals surface area contributed by atoms with Gasteiger partial charge in [-0.05, 0) is 26.3 Å². The second-order valence-corrected chi connectivity index (χ2v) is 4.03. The van der Waals surface area contributed by atoms with E-state index in [1.807, 2.05) is 0 Å². The van der Waals surface area contributed by atoms with Crippen LogP contribution in [0.15, 0.2) is 0 Å². The molecule has 0 aromatic heterocycles. The highest BCUT2D eigenvalue weighted by molar-refractivity contribution is 4.75. The number of rotatable bonds is 9. The molecule has 0 aliphatic rings. The van der Waals surface area contributed by atoms with Gasteiger partial charge >= 0.3 is 0 Å². The molecule has 0 fully saturated rings. The molecule has 0 aliphatic carbocycles. The van der Waals surface area contributed by atoms with Crippen LogP contribution in [0.3, 0.4) is 0 Å². The SMILES string of the molecule is COCCC(C)(O)CNCCCCC#N. The van der Waals surface area contributed by atoms with Crippen molar-refractivity contribution in [3.8, 4) is 6.07 Å². The summed E-state index contributed by atoms with van der Waals surface area (Å²) < 4.78 is 4.91. The molecule has 0 amide bonds. The van der Waals surface area contributed by atoms with Crippen molar-refractivity contribution in [2.45, 2.75) is 38.2 Å². The predicted octanol–water partition coefficient (Wildman–Crippen LogP) is 1.06. The minimum absolute atomic E-state index is 0.572. The zero-order valence-electron chi connectivity index (χ0n) is 9.75. The van der Waals surface area contributed by atoms with Crippen molar-refractivity contribution in [2.75, 3.05) is 26.8 Å². The van der Waals surface area contributed by atoms with E-state index in [0.717, 1.165) is 19.4 Å². The van der Waals surface area contributed by atoms with Crippen LogP contribution in [0.2, 0.25) is 0 Å². The highest BCUT2D eigenvalue weighted by atomic mass is 16.5. The summed E-state index contributed by atoms with van der Waals surface area (Å²) in [6.07, 6.45) is 3.15. The molecule has 0 radical (unpaired) electrons. The van der Waals surface area contributed by atoms with Crippen LogP contribution in [0, 0.1) is 11.3 Å². The van der Waals surface area contributed by atoms with E-state index < -0.39 is 5.60 Å². The van der Waals surface area contributed by atoms with E-state index in [9.17, 15) is 5.11 Å². The van der Waals surface area contributed by atoms with E-state index in [4.69, 9.17) is 10.00 Å². The summed E-state index contributed by atoms with van der Waals surface area (Å²) in [5, 5.41) is 21.4. The van der Waals surface area contributed by atoms with Crippen molar-refractivity contribution in [1.82, 2.24) is 5.32 Å². The summed E-state index contributed by atoms with van der Waals surface area (Å²) in [7, 11) is 1.63. The Hall–Kier alpha value is -0.630. The molecule has 0 spiro atoms. The molecule has 4 heteroatoms. The first-order valence-corrected chi connectivity index (χ1v) is 5.41. The number of unbranched alkanes of at least 4 members (excludes halogenated alkanes) is 2. The smallest absolute Gasteiger partial charge is 0.0765 e. The Bertz CT molecular complexity index is 188. The number of hydrogen-bond donors (Lipinski definition) is 2. The first-order chi connectivity index (χ1) is 7.12. The third-order valence-electron chi connectivity index (χ3n) is 2.24. The van der Waals surface area contributed by atoms with Gasteiger partial charge in [0, 0.05) is 33.1 Å². The van der Waals surface area contributed by atoms with Crippen LogP contribution in [0.1, 0.15) is 32.6 Å². The van der Waals surface area contributed by atoms with Crippen molar-refractivity contribution < 1.29 is 9.84 Å². The van der Waals surface area contributed by atoms with Gasteiger partial charge < -0.3 is 15.2 Å². The summed E-state index contributed by atoms with van der Waals surface area (Å²) in [5.74, 6) is 0. The lowest BCUT2D eigenvalue weighted by molar-refractivity contribution is 0.0251. The van der Waals surface area contributed by atoms with Gasteiger partial charge in [-0.2, -0.15) is 5.26 Å². The van der Waals surface area contributed by atoms with Crippen molar-refractivity contribution in [3.05, 3.63) is 0 Å². The van der Waals surface area contributed by atoms with Crippen LogP contribution in [-0.4, -0.2) is 37.5 Å². The van der Waals surface area contributed by atoms with Gasteiger partial charge in [0.25, 0.3) is 0 Å². The van der Waals surface area contributed by atoms with Gasteiger partial charge in [-0.15, -0.1) is 0 Å². The predicted molar refractivity (Wildman–Crippen MR) is 59.5 cm³/mol. The molecule has 0 aromatic rings. The van der Waals surface area contributed by atoms with Crippen LogP contribution in [0.5, 0.6) is 0 Å². The lowest BCUT2D eigenvalue weighted by Gasteiger charge is -2.23. The third-order valence-corrected chi connectivity index (χ3v) is 2.24. The van der Waals surface area contributed by atoms with E-state index >= 15 is 0 Å². The number of methoxy groups -OCH3 is 1. The summed E-state index contributed by atoms with van der Waals surface area (Å²) in [4.78, 5) is 0. The first-order valence-electron chi connectivity index (χ1n) is 5.41. The lowest BCUT2D eigenvalue weighted by Crippen LogP contribution is -2.39. The second-order valence-electron chi connectivity index (χ2n) is 4.03. The molecular weight excluding hydrogens is 192 g/mol. The van der Waals surface area contributed by atoms with Gasteiger partial charge in [0.1, 0.15) is 0 Å². The zero-order valence-corrected chi connectivity index (χ0v) is 9.75. The number of nitriles is 1. The Balaban J connectivity index is 3.36. The van der Waals surface area contributed by atoms with Gasteiger partial charge in [0.2, 0.25) is 0 Å². The van der Waals surface area contributed by atoms with Gasteiger partial charge in [0.05, 0.1) is 11.7 Å². The quantitative estimate of drug-likeness (QED) is 0.563. The van der Waals surface area contributed by atoms with Crippen molar-refractivity contribution in [1.29, 1.82) is 5.26 Å². The monoisotopic (exact) mass is 214 g/mol. The summed E-state index contributed by atoms with van der Waals surface area (Å²) in [6.45, 7) is 3.80. The Morgan fingerprint density at radius 1 is 1.47 bits per heavy atom. The Morgan fingerprint density at radius 2 is 2.20 bits per heavy atom. The maximum atomic E-state index is 9.85. The minimum Gasteiger partial charge on any atom is -0.389 e. The zero-order chi connectivity index (χ0) is 11.6. The maximum Gasteiger partial charge on any atom is 0.0765 e. The fourth-order valence-electron chi connectivity index (χ4n) is 1.22. The molecule has 0 saturated heterocycles. The highest BCUT2D eigenvalue weighted by Gasteiger charge is 2.18. The fourth-order valence-corrected chi connectivity index (χ4v) is 1.22. The van der Waals surface area contributed by atoms with Crippen molar-refractivity contribution >= 4 is 0 Å². The lowest BCUT2D eigenvalue weighted by atomic mass is 10.0. The van der Waals surface area contributed by atoms with Crippen LogP contribution in [0.25, 0.3) is 0 Å². The van der Waals surface area contributed by atoms with Gasteiger partial charge in [0.15, 0.2) is 0 Å². The van der Waals surface area contributed by atoms with E-state index in [2.05, 4.69) is 11.4 Å². The second kappa shape index (κ2) is 8.66. The molecule has 4 nitrogen and oxygen atoms in total. The van der Waals surface area contributed by atoms with Crippen molar-refractivity contribution in [2.24, 2.45) is 0 Å². The molecule has 0 saturated carbocycles. The topological polar surface area (TPSA) is 65.3 Å². The number of hydrogen-bond acceptors (Lipinski definition) is 4. The van der Waals surface area contributed by atoms with Crippen molar-refractivity contribution in [3.63, 3.8) is 0 Å². The minimum atomic E-state index is -0.703. The first kappa shape index (κ1) is 14.4. The molecule has 0 bridgehead atoms. The summed E-state index contributed by atoms with van der Waals surface area (Å²) >= 11 is 0. The average molecular weight is 214 g/mol. The number of aliphatic hydroxyl groups is 1. The van der Waals surface area contributed by atoms with Crippen LogP contribution in [-0.2, 0) is 4.74 Å². The summed E-state index contributed by atoms with van der Waals surface area (Å²) in [6, 6.07) is 2.11. The molecule has 0 aromatic carbocycles. The van der Waals surface area contributed by atoms with Gasteiger partial charge in [-0.3, -0.25) is 0 Å². The van der Waals surface area contributed by atoms with E-state index in [0.29, 0.717) is 26.0 Å². The molecule has 0 heterocycles. The Morgan fingerprint density at radius 3 is 2.80 bits per heavy atom. The maximum absolute atomic E-state index is 9.85.